The Kier molecular flexibility index (Phi) is 24.5. The summed E-state index contributed by atoms with van der Waals surface area (Å²) in [6.45, 7) is 0.482. The fourth-order valence-electron chi connectivity index (χ4n) is 0.669. The van der Waals surface area contributed by atoms with Gasteiger partial charge in [0.05, 0.1) is 0 Å². The Balaban J connectivity index is -0.000000134. The molecule has 12 nitrogen and oxygen atoms in total. The molecule has 13 heteroatoms. The molecule has 0 aromatic heterocycles. The van der Waals surface area contributed by atoms with E-state index >= 15 is 0 Å². The molecule has 9 N–H and O–H groups in total. The van der Waals surface area contributed by atoms with Gasteiger partial charge in [0.15, 0.2) is 5.96 Å². The molecule has 0 radical (unpaired) electrons. The Labute approximate surface area is 149 Å². The summed E-state index contributed by atoms with van der Waals surface area (Å²) in [5.74, 6) is -1.11. The van der Waals surface area contributed by atoms with Gasteiger partial charge in [-0.3, -0.25) is 10.2 Å². The average Bonchev–Trinajstić information content (AvgIpc) is 2.21. The van der Waals surface area contributed by atoms with E-state index in [4.69, 9.17) is 52.0 Å². The zero-order valence-corrected chi connectivity index (χ0v) is 13.2. The number of carbonyl (C=O) groups is 3. The van der Waals surface area contributed by atoms with Crippen LogP contribution in [0.4, 0.5) is 9.59 Å². The van der Waals surface area contributed by atoms with Gasteiger partial charge in [0.1, 0.15) is 6.04 Å². The first-order chi connectivity index (χ1) is 9.00. The Morgan fingerprint density at radius 1 is 1.19 bits per heavy atom. The maximum Gasteiger partial charge on any atom is 2.00 e. The van der Waals surface area contributed by atoms with E-state index in [1.54, 1.807) is 0 Å². The Morgan fingerprint density at radius 2 is 1.52 bits per heavy atom. The second kappa shape index (κ2) is 18.5. The van der Waals surface area contributed by atoms with Gasteiger partial charge in [-0.1, -0.05) is 0 Å². The van der Waals surface area contributed by atoms with Crippen molar-refractivity contribution in [3.05, 3.63) is 0 Å². The maximum absolute atomic E-state index is 10.2. The molecule has 0 rings (SSSR count). The number of carboxylic acids is 1. The average molecular weight is 336 g/mol. The Hall–Kier alpha value is -1.50. The quantitative estimate of drug-likeness (QED) is 0.110. The van der Waals surface area contributed by atoms with Gasteiger partial charge in [-0.05, 0) is 19.0 Å². The predicted octanol–water partition coefficient (Wildman–Crippen LogP) is -3.94. The van der Waals surface area contributed by atoms with E-state index in [0.717, 1.165) is 0 Å². The molecule has 0 spiro atoms. The fraction of sp³-hybridized carbons (Fsp3) is 0.500. The van der Waals surface area contributed by atoms with Crippen molar-refractivity contribution in [1.82, 2.24) is 5.32 Å². The van der Waals surface area contributed by atoms with Gasteiger partial charge >= 0.3 is 49.9 Å². The van der Waals surface area contributed by atoms with Crippen molar-refractivity contribution < 1.29 is 39.9 Å². The van der Waals surface area contributed by atoms with E-state index in [0.29, 0.717) is 19.4 Å². The molecule has 0 heterocycles. The molecule has 21 heavy (non-hydrogen) atoms. The molecule has 0 aliphatic carbocycles. The molecule has 0 saturated heterocycles. The third-order valence-corrected chi connectivity index (χ3v) is 1.32. The molecular formula is C8H16CaN4O8. The number of guanidine groups is 1. The number of aliphatic carboxylic acids is 1. The standard InChI is InChI=1S/C6H14N4O2.2CH2O3.Ca/c7-4(5(11)12)2-1-3-10-6(8)9;2*2-1(3)4;/h4H,1-3,7H2,(H,11,12)(H4,8,9,10);2*(H2,2,3,4);/q;;;+2/p-2/t4-;;;/m0.../s1. The third-order valence-electron chi connectivity index (χ3n) is 1.32. The number of rotatable bonds is 5. The molecule has 0 aromatic rings. The van der Waals surface area contributed by atoms with E-state index in [9.17, 15) is 4.79 Å². The van der Waals surface area contributed by atoms with Crippen molar-refractivity contribution in [2.45, 2.75) is 18.9 Å². The van der Waals surface area contributed by atoms with Gasteiger partial charge in [-0.25, -0.2) is 4.79 Å². The number of carboxylic acid groups (broad SMARTS) is 5. The van der Waals surface area contributed by atoms with E-state index in [1.807, 2.05) is 0 Å². The monoisotopic (exact) mass is 336 g/mol. The predicted molar refractivity (Wildman–Crippen MR) is 66.6 cm³/mol. The molecule has 0 amide bonds. The molecule has 0 fully saturated rings. The maximum atomic E-state index is 10.2. The summed E-state index contributed by atoms with van der Waals surface area (Å²) < 4.78 is 0. The van der Waals surface area contributed by atoms with Crippen LogP contribution >= 0.6 is 0 Å². The smallest absolute Gasteiger partial charge is 0.652 e. The number of hydrogen-bond acceptors (Lipinski definition) is 7. The minimum absolute atomic E-state index is 0. The van der Waals surface area contributed by atoms with Crippen LogP contribution in [0.15, 0.2) is 0 Å². The molecule has 0 saturated carbocycles. The molecule has 0 aromatic carbocycles. The number of nitrogens with two attached hydrogens (primary N) is 2. The second-order valence-corrected chi connectivity index (χ2v) is 2.96. The number of nitrogens with one attached hydrogen (secondary N) is 2. The van der Waals surface area contributed by atoms with Crippen LogP contribution in [0.1, 0.15) is 12.8 Å². The van der Waals surface area contributed by atoms with Crippen LogP contribution in [0.2, 0.25) is 0 Å². The van der Waals surface area contributed by atoms with Crippen molar-refractivity contribution >= 4 is 62.0 Å². The minimum atomic E-state index is -2.33. The van der Waals surface area contributed by atoms with Crippen LogP contribution in [-0.2, 0) is 4.79 Å². The number of hydrogen-bond donors (Lipinski definition) is 7. The molecular weight excluding hydrogens is 320 g/mol. The van der Waals surface area contributed by atoms with Crippen molar-refractivity contribution in [3.8, 4) is 0 Å². The molecule has 1 atom stereocenters. The largest absolute Gasteiger partial charge is 2.00 e. The van der Waals surface area contributed by atoms with Crippen LogP contribution in [-0.4, -0.2) is 89.9 Å². The zero-order chi connectivity index (χ0) is 16.7. The summed E-state index contributed by atoms with van der Waals surface area (Å²) in [5.41, 5.74) is 10.2. The van der Waals surface area contributed by atoms with Crippen LogP contribution in [0.5, 0.6) is 0 Å². The molecule has 0 unspecified atom stereocenters. The van der Waals surface area contributed by atoms with Gasteiger partial charge < -0.3 is 47.1 Å². The van der Waals surface area contributed by atoms with Crippen LogP contribution in [0.25, 0.3) is 0 Å². The first kappa shape index (κ1) is 27.8. The summed E-state index contributed by atoms with van der Waals surface area (Å²) in [4.78, 5) is 27.1. The molecule has 0 bridgehead atoms. The molecule has 0 aliphatic heterocycles. The minimum Gasteiger partial charge on any atom is -0.652 e. The zero-order valence-electron chi connectivity index (χ0n) is 10.9. The number of carbonyl (C=O) groups excluding carboxylic acids is 1. The summed E-state index contributed by atoms with van der Waals surface area (Å²) in [6, 6.07) is -0.821. The van der Waals surface area contributed by atoms with Gasteiger partial charge in [0, 0.05) is 6.54 Å². The molecule has 118 valence electrons. The first-order valence-electron chi connectivity index (χ1n) is 4.86. The Bertz CT molecular complexity index is 307. The van der Waals surface area contributed by atoms with Gasteiger partial charge in [0.25, 0.3) is 0 Å². The van der Waals surface area contributed by atoms with E-state index < -0.39 is 24.3 Å². The van der Waals surface area contributed by atoms with Gasteiger partial charge in [-0.15, -0.1) is 0 Å². The Morgan fingerprint density at radius 3 is 1.76 bits per heavy atom. The first-order valence-corrected chi connectivity index (χ1v) is 4.86. The van der Waals surface area contributed by atoms with Crippen molar-refractivity contribution in [2.75, 3.05) is 6.54 Å². The van der Waals surface area contributed by atoms with Crippen LogP contribution in [0, 0.1) is 5.41 Å². The fourth-order valence-corrected chi connectivity index (χ4v) is 0.669. The molecule has 0 aliphatic rings. The summed E-state index contributed by atoms with van der Waals surface area (Å²) in [7, 11) is 0. The van der Waals surface area contributed by atoms with E-state index in [-0.39, 0.29) is 43.7 Å². The summed E-state index contributed by atoms with van der Waals surface area (Å²) >= 11 is 0. The van der Waals surface area contributed by atoms with E-state index in [1.165, 1.54) is 0 Å². The van der Waals surface area contributed by atoms with Crippen LogP contribution < -0.4 is 27.0 Å². The van der Waals surface area contributed by atoms with Gasteiger partial charge in [-0.2, -0.15) is 0 Å². The summed E-state index contributed by atoms with van der Waals surface area (Å²) in [5, 5.41) is 48.3. The second-order valence-electron chi connectivity index (χ2n) is 2.96. The van der Waals surface area contributed by atoms with Crippen molar-refractivity contribution in [2.24, 2.45) is 11.5 Å². The van der Waals surface area contributed by atoms with Gasteiger partial charge in [0.2, 0.25) is 0 Å². The summed E-state index contributed by atoms with van der Waals surface area (Å²) in [6.07, 6.45) is -3.19. The SMILES string of the molecule is N=C(N)NCCC[C@H](N)C(=O)O.O=C(O)O.O=C([O-])[O-].[Ca+2]. The van der Waals surface area contributed by atoms with E-state index in [2.05, 4.69) is 5.32 Å². The van der Waals surface area contributed by atoms with Crippen molar-refractivity contribution in [1.29, 1.82) is 5.41 Å². The van der Waals surface area contributed by atoms with Crippen molar-refractivity contribution in [3.63, 3.8) is 0 Å². The van der Waals surface area contributed by atoms with Crippen LogP contribution in [0.3, 0.4) is 0 Å². The topological polar surface area (TPSA) is 246 Å². The third kappa shape index (κ3) is 55.8. The normalized spacial score (nSPS) is 9.19.